The number of hydrogen-bond acceptors (Lipinski definition) is 10. The van der Waals surface area contributed by atoms with Crippen LogP contribution in [-0.4, -0.2) is 89.0 Å². The van der Waals surface area contributed by atoms with E-state index in [-0.39, 0.29) is 26.1 Å². The molecule has 0 aromatic heterocycles. The molecule has 1 fully saturated rings. The Bertz CT molecular complexity index is 1100. The Morgan fingerprint density at radius 1 is 0.571 bits per heavy atom. The van der Waals surface area contributed by atoms with Gasteiger partial charge in [-0.05, 0) is 77.0 Å². The number of unbranched alkanes of at least 4 members (excludes halogenated alkanes) is 14. The summed E-state index contributed by atoms with van der Waals surface area (Å²) in [6, 6.07) is 0. The lowest BCUT2D eigenvalue weighted by Crippen LogP contribution is -2.59. The summed E-state index contributed by atoms with van der Waals surface area (Å²) in [6.45, 7) is 3.25. The molecule has 0 spiro atoms. The molecule has 56 heavy (non-hydrogen) atoms. The summed E-state index contributed by atoms with van der Waals surface area (Å²) in [5.74, 6) is -0.847. The largest absolute Gasteiger partial charge is 0.462 e. The molecule has 0 saturated carbocycles. The van der Waals surface area contributed by atoms with Crippen molar-refractivity contribution in [2.45, 2.75) is 198 Å². The standard InChI is InChI=1S/C46H78O10/c1-3-5-7-9-11-13-15-17-19-21-22-24-26-28-30-32-34-41(48)53-37-39(38-54-46-45(52)44(51)43(50)40(36-47)56-46)55-42(49)35-33-31-29-27-25-23-20-18-16-14-12-10-8-6-4-2/h6,8,12-15,18-21,39-40,43-47,50-52H,3-5,7,9-11,16-17,22-38H2,1-2H3/b8-6-,14-12-,15-13-,20-18-,21-19-. The first-order valence-electron chi connectivity index (χ1n) is 21.9. The average Bonchev–Trinajstić information content (AvgIpc) is 3.19. The zero-order chi connectivity index (χ0) is 40.9. The molecule has 1 heterocycles. The number of ether oxygens (including phenoxy) is 4. The molecule has 4 N–H and O–H groups in total. The van der Waals surface area contributed by atoms with Gasteiger partial charge < -0.3 is 39.4 Å². The highest BCUT2D eigenvalue weighted by molar-refractivity contribution is 5.70. The quantitative estimate of drug-likeness (QED) is 0.0278. The molecule has 0 radical (unpaired) electrons. The van der Waals surface area contributed by atoms with Crippen LogP contribution >= 0.6 is 0 Å². The Labute approximate surface area is 339 Å². The van der Waals surface area contributed by atoms with Crippen molar-refractivity contribution in [3.05, 3.63) is 60.8 Å². The van der Waals surface area contributed by atoms with E-state index < -0.39 is 55.4 Å². The van der Waals surface area contributed by atoms with Crippen molar-refractivity contribution in [2.24, 2.45) is 0 Å². The van der Waals surface area contributed by atoms with Crippen molar-refractivity contribution >= 4 is 11.9 Å². The molecular formula is C46H78O10. The lowest BCUT2D eigenvalue weighted by atomic mass is 9.99. The molecule has 1 rings (SSSR count). The van der Waals surface area contributed by atoms with Crippen molar-refractivity contribution in [1.29, 1.82) is 0 Å². The Hall–Kier alpha value is -2.60. The van der Waals surface area contributed by atoms with Gasteiger partial charge in [-0.25, -0.2) is 0 Å². The van der Waals surface area contributed by atoms with E-state index in [4.69, 9.17) is 18.9 Å². The fourth-order valence-corrected chi connectivity index (χ4v) is 6.17. The number of allylic oxidation sites excluding steroid dienone is 10. The average molecular weight is 791 g/mol. The molecule has 10 nitrogen and oxygen atoms in total. The first kappa shape index (κ1) is 51.4. The minimum atomic E-state index is -1.60. The zero-order valence-electron chi connectivity index (χ0n) is 34.9. The SMILES string of the molecule is CC/C=C\C/C=C\C/C=C\CCCCCCCC(=O)OC(COC(=O)CCCCCCC/C=C\C/C=C\CCCCCC)COC1OC(CO)C(O)C(O)C1O. The number of aliphatic hydroxyl groups is 4. The van der Waals surface area contributed by atoms with Gasteiger partial charge in [-0.3, -0.25) is 9.59 Å². The smallest absolute Gasteiger partial charge is 0.306 e. The van der Waals surface area contributed by atoms with Crippen molar-refractivity contribution < 1.29 is 49.0 Å². The molecule has 1 aliphatic rings. The summed E-state index contributed by atoms with van der Waals surface area (Å²) in [5.41, 5.74) is 0. The topological polar surface area (TPSA) is 152 Å². The fraction of sp³-hybridized carbons (Fsp3) is 0.739. The van der Waals surface area contributed by atoms with Gasteiger partial charge in [0, 0.05) is 12.8 Å². The van der Waals surface area contributed by atoms with E-state index in [1.807, 2.05) is 0 Å². The highest BCUT2D eigenvalue weighted by atomic mass is 16.7. The van der Waals surface area contributed by atoms with Gasteiger partial charge in [-0.2, -0.15) is 0 Å². The summed E-state index contributed by atoms with van der Waals surface area (Å²) in [4.78, 5) is 25.3. The molecule has 0 amide bonds. The minimum Gasteiger partial charge on any atom is -0.462 e. The van der Waals surface area contributed by atoms with Crippen LogP contribution in [0.25, 0.3) is 0 Å². The summed E-state index contributed by atoms with van der Waals surface area (Å²) >= 11 is 0. The molecule has 6 atom stereocenters. The van der Waals surface area contributed by atoms with Gasteiger partial charge in [-0.15, -0.1) is 0 Å². The van der Waals surface area contributed by atoms with Gasteiger partial charge in [-0.1, -0.05) is 132 Å². The number of aliphatic hydroxyl groups excluding tert-OH is 4. The van der Waals surface area contributed by atoms with Gasteiger partial charge >= 0.3 is 11.9 Å². The van der Waals surface area contributed by atoms with Gasteiger partial charge in [0.25, 0.3) is 0 Å². The molecule has 1 saturated heterocycles. The summed E-state index contributed by atoms with van der Waals surface area (Å²) in [7, 11) is 0. The van der Waals surface area contributed by atoms with Gasteiger partial charge in [0.2, 0.25) is 0 Å². The minimum absolute atomic E-state index is 0.205. The molecule has 6 unspecified atom stereocenters. The maximum absolute atomic E-state index is 12.7. The predicted octanol–water partition coefficient (Wildman–Crippen LogP) is 9.05. The van der Waals surface area contributed by atoms with Crippen LogP contribution in [0.5, 0.6) is 0 Å². The maximum atomic E-state index is 12.7. The van der Waals surface area contributed by atoms with E-state index >= 15 is 0 Å². The number of carbonyl (C=O) groups excluding carboxylic acids is 2. The number of rotatable bonds is 35. The molecule has 0 aromatic carbocycles. The highest BCUT2D eigenvalue weighted by Crippen LogP contribution is 2.22. The third kappa shape index (κ3) is 27.9. The summed E-state index contributed by atoms with van der Waals surface area (Å²) in [6.07, 6.45) is 36.5. The van der Waals surface area contributed by atoms with E-state index in [0.717, 1.165) is 89.9 Å². The summed E-state index contributed by atoms with van der Waals surface area (Å²) in [5, 5.41) is 40.0. The van der Waals surface area contributed by atoms with E-state index in [1.54, 1.807) is 0 Å². The molecule has 1 aliphatic heterocycles. The lowest BCUT2D eigenvalue weighted by Gasteiger charge is -2.39. The third-order valence-electron chi connectivity index (χ3n) is 9.64. The van der Waals surface area contributed by atoms with Crippen LogP contribution in [0, 0.1) is 0 Å². The number of esters is 2. The Balaban J connectivity index is 2.37. The molecular weight excluding hydrogens is 712 g/mol. The van der Waals surface area contributed by atoms with Crippen molar-refractivity contribution in [3.8, 4) is 0 Å². The first-order chi connectivity index (χ1) is 27.3. The maximum Gasteiger partial charge on any atom is 0.306 e. The highest BCUT2D eigenvalue weighted by Gasteiger charge is 2.44. The molecule has 322 valence electrons. The monoisotopic (exact) mass is 791 g/mol. The Morgan fingerprint density at radius 2 is 1.05 bits per heavy atom. The van der Waals surface area contributed by atoms with Crippen molar-refractivity contribution in [1.82, 2.24) is 0 Å². The van der Waals surface area contributed by atoms with Gasteiger partial charge in [0.1, 0.15) is 31.0 Å². The van der Waals surface area contributed by atoms with Crippen LogP contribution in [-0.2, 0) is 28.5 Å². The molecule has 0 aliphatic carbocycles. The first-order valence-corrected chi connectivity index (χ1v) is 21.9. The van der Waals surface area contributed by atoms with E-state index in [0.29, 0.717) is 12.8 Å². The van der Waals surface area contributed by atoms with Crippen LogP contribution in [0.2, 0.25) is 0 Å². The van der Waals surface area contributed by atoms with Crippen molar-refractivity contribution in [3.63, 3.8) is 0 Å². The van der Waals surface area contributed by atoms with Crippen LogP contribution in [0.15, 0.2) is 60.8 Å². The second kappa shape index (κ2) is 36.7. The third-order valence-corrected chi connectivity index (χ3v) is 9.64. The normalized spacial score (nSPS) is 21.0. The number of carbonyl (C=O) groups is 2. The second-order valence-electron chi connectivity index (χ2n) is 14.8. The number of hydrogen-bond donors (Lipinski definition) is 4. The Kier molecular flexibility index (Phi) is 33.7. The van der Waals surface area contributed by atoms with Crippen LogP contribution in [0.4, 0.5) is 0 Å². The zero-order valence-corrected chi connectivity index (χ0v) is 34.9. The van der Waals surface area contributed by atoms with Crippen LogP contribution < -0.4 is 0 Å². The fourth-order valence-electron chi connectivity index (χ4n) is 6.17. The van der Waals surface area contributed by atoms with Gasteiger partial charge in [0.15, 0.2) is 12.4 Å². The van der Waals surface area contributed by atoms with Crippen molar-refractivity contribution in [2.75, 3.05) is 19.8 Å². The second-order valence-corrected chi connectivity index (χ2v) is 14.8. The molecule has 10 heteroatoms. The van der Waals surface area contributed by atoms with Crippen LogP contribution in [0.3, 0.4) is 0 Å². The van der Waals surface area contributed by atoms with Crippen LogP contribution in [0.1, 0.15) is 162 Å². The molecule has 0 bridgehead atoms. The predicted molar refractivity (Wildman–Crippen MR) is 224 cm³/mol. The van der Waals surface area contributed by atoms with E-state index in [2.05, 4.69) is 74.6 Å². The Morgan fingerprint density at radius 3 is 1.59 bits per heavy atom. The van der Waals surface area contributed by atoms with Gasteiger partial charge in [0.05, 0.1) is 13.2 Å². The van der Waals surface area contributed by atoms with E-state index in [1.165, 1.54) is 32.1 Å². The lowest BCUT2D eigenvalue weighted by molar-refractivity contribution is -0.305. The summed E-state index contributed by atoms with van der Waals surface area (Å²) < 4.78 is 22.1. The molecule has 0 aromatic rings. The van der Waals surface area contributed by atoms with E-state index in [9.17, 15) is 30.0 Å².